The van der Waals surface area contributed by atoms with Gasteiger partial charge in [-0.3, -0.25) is 4.79 Å². The van der Waals surface area contributed by atoms with Crippen molar-refractivity contribution in [2.75, 3.05) is 16.8 Å². The van der Waals surface area contributed by atoms with Crippen molar-refractivity contribution in [1.29, 1.82) is 0 Å². The largest absolute Gasteiger partial charge is 0.348 e. The Morgan fingerprint density at radius 3 is 2.96 bits per heavy atom. The quantitative estimate of drug-likeness (QED) is 0.905. The normalized spacial score (nSPS) is 22.5. The average molecular weight is 336 g/mol. The predicted octanol–water partition coefficient (Wildman–Crippen LogP) is 2.93. The molecule has 3 heterocycles. The van der Waals surface area contributed by atoms with E-state index in [4.69, 9.17) is 0 Å². The fourth-order valence-electron chi connectivity index (χ4n) is 3.85. The number of hydrogen-bond donors (Lipinski definition) is 2. The predicted molar refractivity (Wildman–Crippen MR) is 99.4 cm³/mol. The van der Waals surface area contributed by atoms with E-state index in [9.17, 15) is 4.79 Å². The van der Waals surface area contributed by atoms with E-state index in [1.807, 2.05) is 36.5 Å². The van der Waals surface area contributed by atoms with Crippen molar-refractivity contribution in [2.45, 2.75) is 38.9 Å². The third kappa shape index (κ3) is 3.37. The molecule has 0 aliphatic carbocycles. The van der Waals surface area contributed by atoms with Crippen LogP contribution in [0, 0.1) is 5.92 Å². The zero-order valence-electron chi connectivity index (χ0n) is 14.5. The number of carbonyl (C=O) groups is 1. The summed E-state index contributed by atoms with van der Waals surface area (Å²) in [5, 5.41) is 6.59. The minimum Gasteiger partial charge on any atom is -0.348 e. The Bertz CT molecular complexity index is 762. The molecular weight excluding hydrogens is 312 g/mol. The maximum absolute atomic E-state index is 12.7. The molecule has 25 heavy (non-hydrogen) atoms. The van der Waals surface area contributed by atoms with E-state index in [1.165, 1.54) is 11.1 Å². The molecule has 0 bridgehead atoms. The fourth-order valence-corrected chi connectivity index (χ4v) is 3.85. The number of carbonyl (C=O) groups excluding carboxylic acids is 1. The van der Waals surface area contributed by atoms with E-state index in [0.29, 0.717) is 6.04 Å². The van der Waals surface area contributed by atoms with Gasteiger partial charge in [0.05, 0.1) is 0 Å². The van der Waals surface area contributed by atoms with E-state index in [-0.39, 0.29) is 11.8 Å². The number of nitrogens with zero attached hydrogens (tertiary/aromatic N) is 2. The monoisotopic (exact) mass is 336 g/mol. The summed E-state index contributed by atoms with van der Waals surface area (Å²) in [7, 11) is 0. The van der Waals surface area contributed by atoms with Crippen LogP contribution in [-0.4, -0.2) is 23.5 Å². The Morgan fingerprint density at radius 1 is 1.24 bits per heavy atom. The number of anilines is 2. The summed E-state index contributed by atoms with van der Waals surface area (Å²) in [4.78, 5) is 19.4. The molecule has 0 saturated carbocycles. The van der Waals surface area contributed by atoms with Crippen molar-refractivity contribution in [3.63, 3.8) is 0 Å². The highest BCUT2D eigenvalue weighted by molar-refractivity contribution is 5.93. The molecule has 4 rings (SSSR count). The number of benzene rings is 1. The molecule has 5 heteroatoms. The first-order valence-corrected chi connectivity index (χ1v) is 9.01. The Balaban J connectivity index is 1.50. The number of pyridine rings is 1. The van der Waals surface area contributed by atoms with Gasteiger partial charge in [-0.05, 0) is 55.6 Å². The van der Waals surface area contributed by atoms with Crippen LogP contribution in [0.5, 0.6) is 0 Å². The summed E-state index contributed by atoms with van der Waals surface area (Å²) >= 11 is 0. The third-order valence-electron chi connectivity index (χ3n) is 5.21. The van der Waals surface area contributed by atoms with Crippen molar-refractivity contribution >= 4 is 17.4 Å². The molecule has 2 aliphatic rings. The van der Waals surface area contributed by atoms with Crippen molar-refractivity contribution in [1.82, 2.24) is 10.3 Å². The van der Waals surface area contributed by atoms with Gasteiger partial charge in [0, 0.05) is 36.9 Å². The molecule has 2 aromatic rings. The number of nitrogens with one attached hydrogen (secondary N) is 2. The van der Waals surface area contributed by atoms with Crippen molar-refractivity contribution < 1.29 is 4.79 Å². The molecule has 0 radical (unpaired) electrons. The second-order valence-corrected chi connectivity index (χ2v) is 7.05. The van der Waals surface area contributed by atoms with Gasteiger partial charge < -0.3 is 15.5 Å². The van der Waals surface area contributed by atoms with Gasteiger partial charge in [0.25, 0.3) is 0 Å². The first kappa shape index (κ1) is 16.1. The number of fused-ring (bicyclic) bond motifs is 1. The van der Waals surface area contributed by atoms with Gasteiger partial charge in [-0.25, -0.2) is 4.98 Å². The highest BCUT2D eigenvalue weighted by Crippen LogP contribution is 2.32. The Hall–Kier alpha value is -2.40. The summed E-state index contributed by atoms with van der Waals surface area (Å²) in [5.41, 5.74) is 3.43. The summed E-state index contributed by atoms with van der Waals surface area (Å²) in [6.45, 7) is 4.68. The SMILES string of the molecule is C[C@H]1C[C@@H](C(=O)Nc2cccc3c2CN(c2ccccn2)C3)CCN1. The zero-order chi connectivity index (χ0) is 17.2. The van der Waals surface area contributed by atoms with Crippen LogP contribution in [0.2, 0.25) is 0 Å². The Kier molecular flexibility index (Phi) is 4.40. The molecule has 2 N–H and O–H groups in total. The molecule has 1 aromatic carbocycles. The number of amides is 1. The molecule has 130 valence electrons. The van der Waals surface area contributed by atoms with Crippen LogP contribution in [0.3, 0.4) is 0 Å². The smallest absolute Gasteiger partial charge is 0.227 e. The molecule has 1 amide bonds. The van der Waals surface area contributed by atoms with Gasteiger partial charge in [-0.1, -0.05) is 18.2 Å². The standard InChI is InChI=1S/C20H24N4O/c1-14-11-15(8-10-21-14)20(25)23-18-6-4-5-16-12-24(13-17(16)18)19-7-2-3-9-22-19/h2-7,9,14-15,21H,8,10-13H2,1H3,(H,23,25)/t14-,15-/m0/s1. The summed E-state index contributed by atoms with van der Waals surface area (Å²) in [6.07, 6.45) is 3.63. The molecular formula is C20H24N4O. The lowest BCUT2D eigenvalue weighted by Crippen LogP contribution is -2.40. The van der Waals surface area contributed by atoms with Gasteiger partial charge in [-0.2, -0.15) is 0 Å². The van der Waals surface area contributed by atoms with Gasteiger partial charge in [0.15, 0.2) is 0 Å². The summed E-state index contributed by atoms with van der Waals surface area (Å²) in [6, 6.07) is 12.6. The Labute approximate surface area is 148 Å². The third-order valence-corrected chi connectivity index (χ3v) is 5.21. The van der Waals surface area contributed by atoms with Crippen LogP contribution in [-0.2, 0) is 17.9 Å². The maximum Gasteiger partial charge on any atom is 0.227 e. The number of aromatic nitrogens is 1. The van der Waals surface area contributed by atoms with Crippen molar-refractivity contribution in [3.05, 3.63) is 53.7 Å². The molecule has 5 nitrogen and oxygen atoms in total. The number of piperidine rings is 1. The van der Waals surface area contributed by atoms with Crippen LogP contribution < -0.4 is 15.5 Å². The van der Waals surface area contributed by atoms with Crippen molar-refractivity contribution in [2.24, 2.45) is 5.92 Å². The van der Waals surface area contributed by atoms with Crippen molar-refractivity contribution in [3.8, 4) is 0 Å². The molecule has 2 atom stereocenters. The average Bonchev–Trinajstić information content (AvgIpc) is 3.08. The molecule has 1 saturated heterocycles. The van der Waals surface area contributed by atoms with Crippen LogP contribution >= 0.6 is 0 Å². The summed E-state index contributed by atoms with van der Waals surface area (Å²) < 4.78 is 0. The number of rotatable bonds is 3. The van der Waals surface area contributed by atoms with Crippen LogP contribution in [0.15, 0.2) is 42.6 Å². The van der Waals surface area contributed by atoms with Gasteiger partial charge in [-0.15, -0.1) is 0 Å². The minimum absolute atomic E-state index is 0.0976. The second kappa shape index (κ2) is 6.84. The van der Waals surface area contributed by atoms with Crippen LogP contribution in [0.25, 0.3) is 0 Å². The highest BCUT2D eigenvalue weighted by atomic mass is 16.1. The lowest BCUT2D eigenvalue weighted by atomic mass is 9.92. The molecule has 2 aliphatic heterocycles. The van der Waals surface area contributed by atoms with Crippen LogP contribution in [0.1, 0.15) is 30.9 Å². The fraction of sp³-hybridized carbons (Fsp3) is 0.400. The van der Waals surface area contributed by atoms with Gasteiger partial charge in [0.1, 0.15) is 5.82 Å². The lowest BCUT2D eigenvalue weighted by Gasteiger charge is -2.27. The van der Waals surface area contributed by atoms with E-state index in [2.05, 4.69) is 33.5 Å². The summed E-state index contributed by atoms with van der Waals surface area (Å²) in [5.74, 6) is 1.22. The topological polar surface area (TPSA) is 57.3 Å². The maximum atomic E-state index is 12.7. The molecule has 1 aromatic heterocycles. The first-order valence-electron chi connectivity index (χ1n) is 9.01. The Morgan fingerprint density at radius 2 is 2.16 bits per heavy atom. The van der Waals surface area contributed by atoms with Gasteiger partial charge >= 0.3 is 0 Å². The first-order chi connectivity index (χ1) is 12.2. The van der Waals surface area contributed by atoms with E-state index >= 15 is 0 Å². The molecule has 0 unspecified atom stereocenters. The number of hydrogen-bond acceptors (Lipinski definition) is 4. The highest BCUT2D eigenvalue weighted by Gasteiger charge is 2.27. The van der Waals surface area contributed by atoms with E-state index < -0.39 is 0 Å². The zero-order valence-corrected chi connectivity index (χ0v) is 14.5. The molecule has 1 fully saturated rings. The van der Waals surface area contributed by atoms with E-state index in [0.717, 1.165) is 44.0 Å². The van der Waals surface area contributed by atoms with Crippen LogP contribution in [0.4, 0.5) is 11.5 Å². The second-order valence-electron chi connectivity index (χ2n) is 7.05. The minimum atomic E-state index is 0.0976. The van der Waals surface area contributed by atoms with Gasteiger partial charge in [0.2, 0.25) is 5.91 Å². The van der Waals surface area contributed by atoms with E-state index in [1.54, 1.807) is 0 Å². The lowest BCUT2D eigenvalue weighted by molar-refractivity contribution is -0.120. The molecule has 0 spiro atoms.